The molecule has 0 aliphatic carbocycles. The number of hydrogen-bond donors (Lipinski definition) is 1. The molecule has 0 unspecified atom stereocenters. The van der Waals surface area contributed by atoms with Gasteiger partial charge in [-0.1, -0.05) is 13.0 Å². The van der Waals surface area contributed by atoms with Crippen molar-refractivity contribution in [1.82, 2.24) is 14.9 Å². The Morgan fingerprint density at radius 1 is 1.60 bits per heavy atom. The molecule has 0 fully saturated rings. The van der Waals surface area contributed by atoms with Crippen LogP contribution >= 0.6 is 0 Å². The largest absolute Gasteiger partial charge is 0.331 e. The van der Waals surface area contributed by atoms with Gasteiger partial charge in [0.15, 0.2) is 0 Å². The minimum Gasteiger partial charge on any atom is -0.331 e. The number of nitrogens with one attached hydrogen (secondary N) is 1. The molecule has 0 bridgehead atoms. The van der Waals surface area contributed by atoms with Crippen LogP contribution in [0.15, 0.2) is 18.9 Å². The average Bonchev–Trinajstić information content (AvgIpc) is 2.58. The van der Waals surface area contributed by atoms with Gasteiger partial charge in [-0.15, -0.1) is 6.58 Å². The van der Waals surface area contributed by atoms with Crippen LogP contribution in [0.3, 0.4) is 0 Å². The number of unbranched alkanes of at least 4 members (excludes halogenated alkanes) is 1. The van der Waals surface area contributed by atoms with Crippen LogP contribution in [0, 0.1) is 6.92 Å². The molecule has 1 aromatic rings. The van der Waals surface area contributed by atoms with Crippen LogP contribution in [0.25, 0.3) is 0 Å². The topological polar surface area (TPSA) is 29.9 Å². The second kappa shape index (κ2) is 6.40. The molecule has 84 valence electrons. The van der Waals surface area contributed by atoms with E-state index in [9.17, 15) is 0 Å². The standard InChI is InChI=1S/C12H21N3/c1-4-6-7-8-15-11(3)14-10-12(15)9-13-5-2/h4,10,13H,1,5-9H2,2-3H3. The fourth-order valence-electron chi connectivity index (χ4n) is 1.61. The number of nitrogens with zero attached hydrogens (tertiary/aromatic N) is 2. The second-order valence-corrected chi connectivity index (χ2v) is 3.66. The zero-order valence-corrected chi connectivity index (χ0v) is 9.79. The van der Waals surface area contributed by atoms with Crippen LogP contribution in [0.4, 0.5) is 0 Å². The Hall–Kier alpha value is -1.09. The average molecular weight is 207 g/mol. The van der Waals surface area contributed by atoms with Gasteiger partial charge in [0.1, 0.15) is 5.82 Å². The molecule has 0 spiro atoms. The number of aromatic nitrogens is 2. The van der Waals surface area contributed by atoms with Crippen molar-refractivity contribution in [3.05, 3.63) is 30.4 Å². The molecule has 1 N–H and O–H groups in total. The lowest BCUT2D eigenvalue weighted by Gasteiger charge is -2.09. The summed E-state index contributed by atoms with van der Waals surface area (Å²) in [6, 6.07) is 0. The first-order valence-corrected chi connectivity index (χ1v) is 5.62. The van der Waals surface area contributed by atoms with Gasteiger partial charge in [-0.05, 0) is 26.3 Å². The Kier molecular flexibility index (Phi) is 5.12. The van der Waals surface area contributed by atoms with Crippen LogP contribution in [-0.4, -0.2) is 16.1 Å². The summed E-state index contributed by atoms with van der Waals surface area (Å²) < 4.78 is 2.28. The third-order valence-corrected chi connectivity index (χ3v) is 2.48. The summed E-state index contributed by atoms with van der Waals surface area (Å²) in [6.45, 7) is 10.9. The SMILES string of the molecule is C=CCCCn1c(CNCC)cnc1C. The zero-order chi connectivity index (χ0) is 11.1. The molecule has 0 radical (unpaired) electrons. The maximum Gasteiger partial charge on any atom is 0.105 e. The van der Waals surface area contributed by atoms with Crippen molar-refractivity contribution in [2.24, 2.45) is 0 Å². The van der Waals surface area contributed by atoms with E-state index < -0.39 is 0 Å². The van der Waals surface area contributed by atoms with Gasteiger partial charge in [0, 0.05) is 19.3 Å². The van der Waals surface area contributed by atoms with Crippen LogP contribution in [0.5, 0.6) is 0 Å². The van der Waals surface area contributed by atoms with Crippen molar-refractivity contribution in [2.45, 2.75) is 39.8 Å². The summed E-state index contributed by atoms with van der Waals surface area (Å²) in [7, 11) is 0. The lowest BCUT2D eigenvalue weighted by Crippen LogP contribution is -2.16. The second-order valence-electron chi connectivity index (χ2n) is 3.66. The fraction of sp³-hybridized carbons (Fsp3) is 0.583. The van der Waals surface area contributed by atoms with Crippen molar-refractivity contribution < 1.29 is 0 Å². The molecule has 0 atom stereocenters. The van der Waals surface area contributed by atoms with E-state index in [1.807, 2.05) is 12.3 Å². The summed E-state index contributed by atoms with van der Waals surface area (Å²) in [6.07, 6.45) is 6.14. The predicted molar refractivity (Wildman–Crippen MR) is 63.8 cm³/mol. The van der Waals surface area contributed by atoms with E-state index in [1.54, 1.807) is 0 Å². The molecule has 0 aliphatic rings. The van der Waals surface area contributed by atoms with Gasteiger partial charge in [-0.3, -0.25) is 0 Å². The highest BCUT2D eigenvalue weighted by atomic mass is 15.1. The lowest BCUT2D eigenvalue weighted by atomic mass is 10.3. The first kappa shape index (κ1) is 12.0. The van der Waals surface area contributed by atoms with Gasteiger partial charge < -0.3 is 9.88 Å². The van der Waals surface area contributed by atoms with Crippen LogP contribution in [-0.2, 0) is 13.1 Å². The first-order chi connectivity index (χ1) is 7.29. The summed E-state index contributed by atoms with van der Waals surface area (Å²) in [5.41, 5.74) is 1.28. The van der Waals surface area contributed by atoms with Gasteiger partial charge in [0.2, 0.25) is 0 Å². The van der Waals surface area contributed by atoms with E-state index >= 15 is 0 Å². The van der Waals surface area contributed by atoms with Gasteiger partial charge >= 0.3 is 0 Å². The van der Waals surface area contributed by atoms with Crippen molar-refractivity contribution in [2.75, 3.05) is 6.54 Å². The van der Waals surface area contributed by atoms with Gasteiger partial charge in [0.25, 0.3) is 0 Å². The normalized spacial score (nSPS) is 10.5. The number of hydrogen-bond acceptors (Lipinski definition) is 2. The van der Waals surface area contributed by atoms with E-state index in [1.165, 1.54) is 5.69 Å². The molecule has 0 aliphatic heterocycles. The van der Waals surface area contributed by atoms with Crippen LogP contribution in [0.1, 0.15) is 31.3 Å². The number of allylic oxidation sites excluding steroid dienone is 1. The van der Waals surface area contributed by atoms with E-state index in [4.69, 9.17) is 0 Å². The molecule has 3 nitrogen and oxygen atoms in total. The van der Waals surface area contributed by atoms with Gasteiger partial charge in [0.05, 0.1) is 5.69 Å². The maximum absolute atomic E-state index is 4.35. The van der Waals surface area contributed by atoms with Crippen molar-refractivity contribution in [1.29, 1.82) is 0 Å². The predicted octanol–water partition coefficient (Wildman–Crippen LogP) is 2.27. The summed E-state index contributed by atoms with van der Waals surface area (Å²) in [5, 5.41) is 3.33. The van der Waals surface area contributed by atoms with Crippen molar-refractivity contribution in [3.8, 4) is 0 Å². The molecule has 0 saturated heterocycles. The quantitative estimate of drug-likeness (QED) is 0.549. The molecule has 0 aromatic carbocycles. The van der Waals surface area contributed by atoms with E-state index in [2.05, 4.69) is 35.3 Å². The summed E-state index contributed by atoms with van der Waals surface area (Å²) in [4.78, 5) is 4.35. The third kappa shape index (κ3) is 3.51. The summed E-state index contributed by atoms with van der Waals surface area (Å²) >= 11 is 0. The van der Waals surface area contributed by atoms with Crippen molar-refractivity contribution >= 4 is 0 Å². The zero-order valence-electron chi connectivity index (χ0n) is 9.79. The molecular formula is C12H21N3. The minimum atomic E-state index is 0.908. The Balaban J connectivity index is 2.57. The van der Waals surface area contributed by atoms with Gasteiger partial charge in [-0.25, -0.2) is 4.98 Å². The Morgan fingerprint density at radius 3 is 3.07 bits per heavy atom. The number of rotatable bonds is 7. The minimum absolute atomic E-state index is 0.908. The lowest BCUT2D eigenvalue weighted by molar-refractivity contribution is 0.584. The fourth-order valence-corrected chi connectivity index (χ4v) is 1.61. The van der Waals surface area contributed by atoms with Crippen LogP contribution in [0.2, 0.25) is 0 Å². The van der Waals surface area contributed by atoms with Crippen molar-refractivity contribution in [3.63, 3.8) is 0 Å². The highest BCUT2D eigenvalue weighted by molar-refractivity contribution is 5.04. The summed E-state index contributed by atoms with van der Waals surface area (Å²) in [5.74, 6) is 1.10. The molecule has 0 saturated carbocycles. The molecule has 3 heteroatoms. The van der Waals surface area contributed by atoms with E-state index in [-0.39, 0.29) is 0 Å². The Bertz CT molecular complexity index is 302. The number of aryl methyl sites for hydroxylation is 1. The smallest absolute Gasteiger partial charge is 0.105 e. The monoisotopic (exact) mass is 207 g/mol. The molecule has 15 heavy (non-hydrogen) atoms. The molecular weight excluding hydrogens is 186 g/mol. The molecule has 0 amide bonds. The Morgan fingerprint density at radius 2 is 2.40 bits per heavy atom. The Labute approximate surface area is 92.2 Å². The third-order valence-electron chi connectivity index (χ3n) is 2.48. The van der Waals surface area contributed by atoms with E-state index in [0.717, 1.165) is 38.3 Å². The molecule has 1 aromatic heterocycles. The van der Waals surface area contributed by atoms with Crippen LogP contribution < -0.4 is 5.32 Å². The first-order valence-electron chi connectivity index (χ1n) is 5.62. The maximum atomic E-state index is 4.35. The molecule has 1 rings (SSSR count). The highest BCUT2D eigenvalue weighted by Crippen LogP contribution is 2.07. The molecule has 1 heterocycles. The van der Waals surface area contributed by atoms with Gasteiger partial charge in [-0.2, -0.15) is 0 Å². The number of imidazole rings is 1. The highest BCUT2D eigenvalue weighted by Gasteiger charge is 2.04. The van der Waals surface area contributed by atoms with E-state index in [0.29, 0.717) is 0 Å².